The average Bonchev–Trinajstić information content (AvgIpc) is 2.90. The van der Waals surface area contributed by atoms with Crippen LogP contribution in [0.4, 0.5) is 0 Å². The number of rotatable bonds is 7. The van der Waals surface area contributed by atoms with Crippen molar-refractivity contribution in [3.63, 3.8) is 0 Å². The van der Waals surface area contributed by atoms with E-state index in [0.29, 0.717) is 13.0 Å². The summed E-state index contributed by atoms with van der Waals surface area (Å²) in [6.45, 7) is 5.68. The summed E-state index contributed by atoms with van der Waals surface area (Å²) in [6.07, 6.45) is 7.05. The molecule has 3 atom stereocenters. The van der Waals surface area contributed by atoms with Gasteiger partial charge in [0.25, 0.3) is 0 Å². The number of nitrogens with one attached hydrogen (secondary N) is 1. The van der Waals surface area contributed by atoms with Crippen LogP contribution in [0.5, 0.6) is 0 Å². The van der Waals surface area contributed by atoms with E-state index in [9.17, 15) is 4.79 Å². The molecule has 2 aliphatic rings. The van der Waals surface area contributed by atoms with Gasteiger partial charge in [-0.3, -0.25) is 4.79 Å². The van der Waals surface area contributed by atoms with Crippen LogP contribution in [0.2, 0.25) is 0 Å². The standard InChI is InChI=1S/C15H27NO3/c1-3-5-6-8-14(17)16-12-11-13(18-4-2)15(12)9-7-10-19-15/h12-13H,3-11H2,1-2H3,(H,16,17)/t12-,13-,15+/m1/s1. The quantitative estimate of drug-likeness (QED) is 0.722. The predicted molar refractivity (Wildman–Crippen MR) is 74.0 cm³/mol. The molecule has 1 heterocycles. The summed E-state index contributed by atoms with van der Waals surface area (Å²) in [5.74, 6) is 0.170. The van der Waals surface area contributed by atoms with E-state index >= 15 is 0 Å². The Hall–Kier alpha value is -0.610. The molecule has 0 bridgehead atoms. The summed E-state index contributed by atoms with van der Waals surface area (Å²) >= 11 is 0. The topological polar surface area (TPSA) is 47.6 Å². The minimum absolute atomic E-state index is 0.153. The normalized spacial score (nSPS) is 33.4. The van der Waals surface area contributed by atoms with Crippen molar-refractivity contribution in [1.82, 2.24) is 5.32 Å². The molecule has 0 radical (unpaired) electrons. The fourth-order valence-corrected chi connectivity index (χ4v) is 3.28. The first kappa shape index (κ1) is 14.8. The van der Waals surface area contributed by atoms with Gasteiger partial charge in [-0.25, -0.2) is 0 Å². The second-order valence-corrected chi connectivity index (χ2v) is 5.66. The number of ether oxygens (including phenoxy) is 2. The van der Waals surface area contributed by atoms with E-state index in [2.05, 4.69) is 12.2 Å². The molecule has 110 valence electrons. The average molecular weight is 269 g/mol. The van der Waals surface area contributed by atoms with Crippen LogP contribution in [0.15, 0.2) is 0 Å². The van der Waals surface area contributed by atoms with Crippen molar-refractivity contribution in [2.24, 2.45) is 0 Å². The van der Waals surface area contributed by atoms with Gasteiger partial charge in [-0.05, 0) is 32.6 Å². The van der Waals surface area contributed by atoms with Crippen LogP contribution in [0.1, 0.15) is 58.8 Å². The zero-order valence-corrected chi connectivity index (χ0v) is 12.2. The Labute approximate surface area is 116 Å². The molecular formula is C15H27NO3. The first-order chi connectivity index (χ1) is 9.23. The molecular weight excluding hydrogens is 242 g/mol. The summed E-state index contributed by atoms with van der Waals surface area (Å²) in [7, 11) is 0. The van der Waals surface area contributed by atoms with Crippen molar-refractivity contribution >= 4 is 5.91 Å². The third-order valence-electron chi connectivity index (χ3n) is 4.38. The van der Waals surface area contributed by atoms with Gasteiger partial charge in [-0.2, -0.15) is 0 Å². The molecule has 0 unspecified atom stereocenters. The first-order valence-corrected chi connectivity index (χ1v) is 7.78. The summed E-state index contributed by atoms with van der Waals surface area (Å²) in [4.78, 5) is 11.9. The lowest BCUT2D eigenvalue weighted by Crippen LogP contribution is -2.69. The third kappa shape index (κ3) is 3.11. The monoisotopic (exact) mass is 269 g/mol. The van der Waals surface area contributed by atoms with Crippen LogP contribution in [0.25, 0.3) is 0 Å². The van der Waals surface area contributed by atoms with Gasteiger partial charge in [0.1, 0.15) is 5.60 Å². The van der Waals surface area contributed by atoms with Gasteiger partial charge in [0, 0.05) is 19.6 Å². The van der Waals surface area contributed by atoms with Gasteiger partial charge in [0.2, 0.25) is 5.91 Å². The number of carbonyl (C=O) groups is 1. The highest BCUT2D eigenvalue weighted by Gasteiger charge is 2.59. The summed E-state index contributed by atoms with van der Waals surface area (Å²) in [5, 5.41) is 3.15. The van der Waals surface area contributed by atoms with Gasteiger partial charge in [-0.15, -0.1) is 0 Å². The van der Waals surface area contributed by atoms with Crippen LogP contribution in [-0.4, -0.2) is 36.9 Å². The lowest BCUT2D eigenvalue weighted by molar-refractivity contribution is -0.198. The molecule has 4 heteroatoms. The molecule has 0 aromatic rings. The SMILES string of the molecule is CCCCCC(=O)N[C@@H]1C[C@@H](OCC)[C@]12CCCO2. The first-order valence-electron chi connectivity index (χ1n) is 7.78. The van der Waals surface area contributed by atoms with Gasteiger partial charge in [0.05, 0.1) is 12.1 Å². The lowest BCUT2D eigenvalue weighted by Gasteiger charge is -2.52. The summed E-state index contributed by atoms with van der Waals surface area (Å²) in [5.41, 5.74) is -0.226. The van der Waals surface area contributed by atoms with Gasteiger partial charge in [-0.1, -0.05) is 19.8 Å². The molecule has 1 aliphatic carbocycles. The zero-order chi connectivity index (χ0) is 13.7. The number of carbonyl (C=O) groups excluding carboxylic acids is 1. The highest BCUT2D eigenvalue weighted by Crippen LogP contribution is 2.45. The van der Waals surface area contributed by atoms with E-state index in [4.69, 9.17) is 9.47 Å². The van der Waals surface area contributed by atoms with E-state index < -0.39 is 0 Å². The minimum Gasteiger partial charge on any atom is -0.375 e. The smallest absolute Gasteiger partial charge is 0.220 e. The molecule has 19 heavy (non-hydrogen) atoms. The van der Waals surface area contributed by atoms with E-state index in [0.717, 1.165) is 45.1 Å². The Morgan fingerprint density at radius 1 is 1.42 bits per heavy atom. The Morgan fingerprint density at radius 2 is 2.26 bits per heavy atom. The van der Waals surface area contributed by atoms with Crippen molar-refractivity contribution in [3.05, 3.63) is 0 Å². The Bertz CT molecular complexity index is 300. The Kier molecular flexibility index (Phi) is 5.22. The van der Waals surface area contributed by atoms with Crippen molar-refractivity contribution < 1.29 is 14.3 Å². The van der Waals surface area contributed by atoms with E-state index in [1.807, 2.05) is 6.92 Å². The molecule has 1 spiro atoms. The maximum Gasteiger partial charge on any atom is 0.220 e. The van der Waals surface area contributed by atoms with Gasteiger partial charge in [0.15, 0.2) is 0 Å². The van der Waals surface area contributed by atoms with Gasteiger partial charge < -0.3 is 14.8 Å². The van der Waals surface area contributed by atoms with E-state index in [1.54, 1.807) is 0 Å². The number of hydrogen-bond donors (Lipinski definition) is 1. The highest BCUT2D eigenvalue weighted by atomic mass is 16.6. The van der Waals surface area contributed by atoms with Crippen LogP contribution >= 0.6 is 0 Å². The number of amides is 1. The molecule has 1 saturated heterocycles. The minimum atomic E-state index is -0.226. The van der Waals surface area contributed by atoms with E-state index in [1.165, 1.54) is 0 Å². The highest BCUT2D eigenvalue weighted by molar-refractivity contribution is 5.76. The fraction of sp³-hybridized carbons (Fsp3) is 0.933. The molecule has 2 rings (SSSR count). The zero-order valence-electron chi connectivity index (χ0n) is 12.2. The second-order valence-electron chi connectivity index (χ2n) is 5.66. The van der Waals surface area contributed by atoms with Crippen LogP contribution in [0, 0.1) is 0 Å². The van der Waals surface area contributed by atoms with Crippen molar-refractivity contribution in [1.29, 1.82) is 0 Å². The largest absolute Gasteiger partial charge is 0.375 e. The maximum atomic E-state index is 11.9. The van der Waals surface area contributed by atoms with E-state index in [-0.39, 0.29) is 23.7 Å². The molecule has 0 aromatic heterocycles. The van der Waals surface area contributed by atoms with Crippen molar-refractivity contribution in [3.8, 4) is 0 Å². The van der Waals surface area contributed by atoms with Crippen molar-refractivity contribution in [2.45, 2.75) is 76.5 Å². The molecule has 2 fully saturated rings. The molecule has 0 aromatic carbocycles. The number of unbranched alkanes of at least 4 members (excludes halogenated alkanes) is 2. The summed E-state index contributed by atoms with van der Waals surface area (Å²) < 4.78 is 11.7. The third-order valence-corrected chi connectivity index (χ3v) is 4.38. The predicted octanol–water partition coefficient (Wildman–Crippen LogP) is 2.41. The van der Waals surface area contributed by atoms with Crippen molar-refractivity contribution in [2.75, 3.05) is 13.2 Å². The maximum absolute atomic E-state index is 11.9. The molecule has 4 nitrogen and oxygen atoms in total. The van der Waals surface area contributed by atoms with Gasteiger partial charge >= 0.3 is 0 Å². The lowest BCUT2D eigenvalue weighted by atomic mass is 9.70. The van der Waals surface area contributed by atoms with Crippen LogP contribution in [-0.2, 0) is 14.3 Å². The Balaban J connectivity index is 1.82. The summed E-state index contributed by atoms with van der Waals surface area (Å²) in [6, 6.07) is 0.153. The molecule has 1 aliphatic heterocycles. The second kappa shape index (κ2) is 6.71. The van der Waals surface area contributed by atoms with Crippen LogP contribution in [0.3, 0.4) is 0 Å². The Morgan fingerprint density at radius 3 is 2.89 bits per heavy atom. The molecule has 1 amide bonds. The fourth-order valence-electron chi connectivity index (χ4n) is 3.28. The molecule has 1 N–H and O–H groups in total. The molecule has 1 saturated carbocycles. The number of hydrogen-bond acceptors (Lipinski definition) is 3. The van der Waals surface area contributed by atoms with Crippen LogP contribution < -0.4 is 5.32 Å².